The highest BCUT2D eigenvalue weighted by Crippen LogP contribution is 2.37. The highest BCUT2D eigenvalue weighted by molar-refractivity contribution is 9.10. The largest absolute Gasteiger partial charge is 0.497 e. The Labute approximate surface area is 185 Å². The van der Waals surface area contributed by atoms with Crippen molar-refractivity contribution in [3.8, 4) is 5.75 Å². The molecule has 0 saturated heterocycles. The molecule has 1 unspecified atom stereocenters. The molecule has 7 heteroatoms. The van der Waals surface area contributed by atoms with Gasteiger partial charge in [-0.15, -0.1) is 0 Å². The number of ether oxygens (including phenoxy) is 1. The fourth-order valence-corrected chi connectivity index (χ4v) is 4.39. The first kappa shape index (κ1) is 20.6. The molecule has 0 amide bonds. The van der Waals surface area contributed by atoms with E-state index in [2.05, 4.69) is 15.9 Å². The zero-order valence-electron chi connectivity index (χ0n) is 16.6. The molecule has 1 atom stereocenters. The first-order valence-electron chi connectivity index (χ1n) is 9.42. The van der Waals surface area contributed by atoms with E-state index in [0.29, 0.717) is 4.90 Å². The molecule has 0 N–H and O–H groups in total. The van der Waals surface area contributed by atoms with Crippen LogP contribution in [0.1, 0.15) is 23.6 Å². The van der Waals surface area contributed by atoms with Crippen molar-refractivity contribution < 1.29 is 13.2 Å². The molecule has 0 aliphatic carbocycles. The summed E-state index contributed by atoms with van der Waals surface area (Å²) < 4.78 is 29.9. The van der Waals surface area contributed by atoms with E-state index in [1.165, 1.54) is 6.26 Å². The molecule has 30 heavy (non-hydrogen) atoms. The standard InChI is InChI=1S/C23H21BrN2O3S/c1-29-20-11-5-17(6-12-20)23-15-22(16-3-7-18(24)8-4-16)25-26(23)19-9-13-21(14-10-19)30(2,27)28/h3-14,23H,15H2,1-2H3. The summed E-state index contributed by atoms with van der Waals surface area (Å²) in [4.78, 5) is 0.295. The zero-order valence-corrected chi connectivity index (χ0v) is 19.0. The van der Waals surface area contributed by atoms with Crippen LogP contribution in [0.2, 0.25) is 0 Å². The molecule has 154 valence electrons. The maximum Gasteiger partial charge on any atom is 0.175 e. The summed E-state index contributed by atoms with van der Waals surface area (Å²) >= 11 is 3.48. The number of hydrogen-bond acceptors (Lipinski definition) is 5. The van der Waals surface area contributed by atoms with E-state index < -0.39 is 9.84 Å². The molecule has 0 bridgehead atoms. The van der Waals surface area contributed by atoms with Crippen molar-refractivity contribution in [2.24, 2.45) is 5.10 Å². The van der Waals surface area contributed by atoms with Gasteiger partial charge >= 0.3 is 0 Å². The maximum atomic E-state index is 11.8. The molecule has 3 aromatic carbocycles. The summed E-state index contributed by atoms with van der Waals surface area (Å²) in [5.41, 5.74) is 4.00. The summed E-state index contributed by atoms with van der Waals surface area (Å²) in [7, 11) is -1.60. The second-order valence-corrected chi connectivity index (χ2v) is 10.1. The molecular formula is C23H21BrN2O3S. The average molecular weight is 485 g/mol. The van der Waals surface area contributed by atoms with Gasteiger partial charge in [-0.3, -0.25) is 5.01 Å². The Kier molecular flexibility index (Phi) is 5.66. The van der Waals surface area contributed by atoms with Crippen LogP contribution in [0.4, 0.5) is 5.69 Å². The minimum absolute atomic E-state index is 0.00126. The van der Waals surface area contributed by atoms with Gasteiger partial charge in [0.2, 0.25) is 0 Å². The summed E-state index contributed by atoms with van der Waals surface area (Å²) in [6.07, 6.45) is 1.95. The molecule has 0 spiro atoms. The fourth-order valence-electron chi connectivity index (χ4n) is 3.50. The van der Waals surface area contributed by atoms with Crippen LogP contribution in [0, 0.1) is 0 Å². The van der Waals surface area contributed by atoms with E-state index in [-0.39, 0.29) is 6.04 Å². The Morgan fingerprint density at radius 2 is 1.60 bits per heavy atom. The van der Waals surface area contributed by atoms with E-state index in [0.717, 1.165) is 39.2 Å². The number of benzene rings is 3. The second-order valence-electron chi connectivity index (χ2n) is 7.16. The molecule has 1 aliphatic heterocycles. The van der Waals surface area contributed by atoms with Gasteiger partial charge in [-0.25, -0.2) is 8.42 Å². The van der Waals surface area contributed by atoms with Gasteiger partial charge in [0, 0.05) is 17.1 Å². The smallest absolute Gasteiger partial charge is 0.175 e. The predicted molar refractivity (Wildman–Crippen MR) is 123 cm³/mol. The van der Waals surface area contributed by atoms with Crippen molar-refractivity contribution in [2.45, 2.75) is 17.4 Å². The number of sulfone groups is 1. The molecule has 4 rings (SSSR count). The number of methoxy groups -OCH3 is 1. The van der Waals surface area contributed by atoms with E-state index >= 15 is 0 Å². The zero-order chi connectivity index (χ0) is 21.3. The molecular weight excluding hydrogens is 464 g/mol. The van der Waals surface area contributed by atoms with E-state index in [9.17, 15) is 8.42 Å². The van der Waals surface area contributed by atoms with Crippen LogP contribution in [0.5, 0.6) is 5.75 Å². The molecule has 0 aromatic heterocycles. The number of halogens is 1. The predicted octanol–water partition coefficient (Wildman–Crippen LogP) is 5.22. The first-order chi connectivity index (χ1) is 14.3. The van der Waals surface area contributed by atoms with Gasteiger partial charge in [-0.2, -0.15) is 5.10 Å². The van der Waals surface area contributed by atoms with Crippen molar-refractivity contribution in [1.29, 1.82) is 0 Å². The van der Waals surface area contributed by atoms with Crippen LogP contribution in [0.15, 0.2) is 87.3 Å². The van der Waals surface area contributed by atoms with Crippen LogP contribution in [0.25, 0.3) is 0 Å². The Balaban J connectivity index is 1.73. The average Bonchev–Trinajstić information content (AvgIpc) is 3.19. The van der Waals surface area contributed by atoms with Crippen molar-refractivity contribution in [3.63, 3.8) is 0 Å². The number of nitrogens with zero attached hydrogens (tertiary/aromatic N) is 2. The van der Waals surface area contributed by atoms with Crippen molar-refractivity contribution in [3.05, 3.63) is 88.4 Å². The van der Waals surface area contributed by atoms with Gasteiger partial charge in [0.05, 0.1) is 29.4 Å². The maximum absolute atomic E-state index is 11.8. The van der Waals surface area contributed by atoms with Crippen LogP contribution in [-0.2, 0) is 9.84 Å². The molecule has 1 aliphatic rings. The molecule has 1 heterocycles. The molecule has 0 saturated carbocycles. The molecule has 0 radical (unpaired) electrons. The Hall–Kier alpha value is -2.64. The summed E-state index contributed by atoms with van der Waals surface area (Å²) in [6, 6.07) is 22.9. The number of hydrazone groups is 1. The summed E-state index contributed by atoms with van der Waals surface area (Å²) in [6.45, 7) is 0. The van der Waals surface area contributed by atoms with Crippen LogP contribution in [-0.4, -0.2) is 27.5 Å². The second kappa shape index (κ2) is 8.24. The monoisotopic (exact) mass is 484 g/mol. The van der Waals surface area contributed by atoms with Crippen molar-refractivity contribution >= 4 is 37.2 Å². The third-order valence-corrected chi connectivity index (χ3v) is 6.77. The minimum atomic E-state index is -3.25. The topological polar surface area (TPSA) is 59.0 Å². The number of rotatable bonds is 5. The van der Waals surface area contributed by atoms with Gasteiger partial charge in [-0.05, 0) is 59.7 Å². The Morgan fingerprint density at radius 1 is 0.967 bits per heavy atom. The third kappa shape index (κ3) is 4.27. The lowest BCUT2D eigenvalue weighted by Gasteiger charge is -2.24. The van der Waals surface area contributed by atoms with E-state index in [4.69, 9.17) is 9.84 Å². The van der Waals surface area contributed by atoms with Crippen molar-refractivity contribution in [2.75, 3.05) is 18.4 Å². The quantitative estimate of drug-likeness (QED) is 0.498. The van der Waals surface area contributed by atoms with Crippen LogP contribution < -0.4 is 9.75 Å². The first-order valence-corrected chi connectivity index (χ1v) is 12.1. The highest BCUT2D eigenvalue weighted by atomic mass is 79.9. The highest BCUT2D eigenvalue weighted by Gasteiger charge is 2.30. The summed E-state index contributed by atoms with van der Waals surface area (Å²) in [5, 5.41) is 6.87. The van der Waals surface area contributed by atoms with Gasteiger partial charge in [0.25, 0.3) is 0 Å². The van der Waals surface area contributed by atoms with E-state index in [1.807, 2.05) is 53.5 Å². The Bertz CT molecular complexity index is 1170. The lowest BCUT2D eigenvalue weighted by molar-refractivity contribution is 0.414. The number of anilines is 1. The minimum Gasteiger partial charge on any atom is -0.497 e. The van der Waals surface area contributed by atoms with Gasteiger partial charge in [-0.1, -0.05) is 40.2 Å². The Morgan fingerprint density at radius 3 is 2.17 bits per heavy atom. The number of hydrogen-bond donors (Lipinski definition) is 0. The van der Waals surface area contributed by atoms with Gasteiger partial charge in [0.15, 0.2) is 9.84 Å². The van der Waals surface area contributed by atoms with Crippen LogP contribution in [0.3, 0.4) is 0 Å². The van der Waals surface area contributed by atoms with E-state index in [1.54, 1.807) is 31.4 Å². The third-order valence-electron chi connectivity index (χ3n) is 5.12. The van der Waals surface area contributed by atoms with Crippen molar-refractivity contribution in [1.82, 2.24) is 0 Å². The lowest BCUT2D eigenvalue weighted by atomic mass is 9.98. The van der Waals surface area contributed by atoms with Gasteiger partial charge < -0.3 is 4.74 Å². The molecule has 0 fully saturated rings. The molecule has 5 nitrogen and oxygen atoms in total. The SMILES string of the molecule is COc1ccc(C2CC(c3ccc(Br)cc3)=NN2c2ccc(S(C)(=O)=O)cc2)cc1. The lowest BCUT2D eigenvalue weighted by Crippen LogP contribution is -2.18. The normalized spacial score (nSPS) is 16.4. The molecule has 3 aromatic rings. The fraction of sp³-hybridized carbons (Fsp3) is 0.174. The van der Waals surface area contributed by atoms with Crippen LogP contribution >= 0.6 is 15.9 Å². The summed E-state index contributed by atoms with van der Waals surface area (Å²) in [5.74, 6) is 0.801. The van der Waals surface area contributed by atoms with Gasteiger partial charge in [0.1, 0.15) is 5.75 Å².